The Kier molecular flexibility index (Phi) is 8.85. The van der Waals surface area contributed by atoms with E-state index in [0.29, 0.717) is 37.2 Å². The molecule has 0 aliphatic rings. The van der Waals surface area contributed by atoms with Crippen molar-refractivity contribution in [2.24, 2.45) is 0 Å². The molecular formula is C22H25F3O3. The molecule has 2 aromatic carbocycles. The molecule has 0 aliphatic heterocycles. The molecule has 0 spiro atoms. The highest BCUT2D eigenvalue weighted by molar-refractivity contribution is 5.89. The van der Waals surface area contributed by atoms with Crippen molar-refractivity contribution < 1.29 is 27.4 Å². The Hall–Kier alpha value is -2.50. The SMILES string of the molecule is O=C(OCCCCCCCC(F)(F)F)c1ccc(OCc2ccccc2)cc1. The lowest BCUT2D eigenvalue weighted by Crippen LogP contribution is -2.07. The molecule has 6 heteroatoms. The van der Waals surface area contributed by atoms with Gasteiger partial charge in [0.2, 0.25) is 0 Å². The average molecular weight is 394 g/mol. The Morgan fingerprint density at radius 3 is 2.14 bits per heavy atom. The van der Waals surface area contributed by atoms with E-state index in [1.165, 1.54) is 0 Å². The summed E-state index contributed by atoms with van der Waals surface area (Å²) in [6.07, 6.45) is -2.00. The van der Waals surface area contributed by atoms with E-state index in [4.69, 9.17) is 9.47 Å². The molecule has 0 atom stereocenters. The Bertz CT molecular complexity index is 697. The number of alkyl halides is 3. The van der Waals surface area contributed by atoms with E-state index in [9.17, 15) is 18.0 Å². The smallest absolute Gasteiger partial charge is 0.389 e. The minimum absolute atomic E-state index is 0.155. The van der Waals surface area contributed by atoms with Crippen LogP contribution >= 0.6 is 0 Å². The van der Waals surface area contributed by atoms with Gasteiger partial charge in [0.25, 0.3) is 0 Å². The van der Waals surface area contributed by atoms with Crippen LogP contribution in [0.5, 0.6) is 5.75 Å². The number of benzene rings is 2. The van der Waals surface area contributed by atoms with Crippen molar-refractivity contribution in [3.05, 3.63) is 65.7 Å². The number of carbonyl (C=O) groups excluding carboxylic acids is 1. The summed E-state index contributed by atoms with van der Waals surface area (Å²) in [6, 6.07) is 16.5. The van der Waals surface area contributed by atoms with E-state index in [-0.39, 0.29) is 13.0 Å². The molecule has 152 valence electrons. The van der Waals surface area contributed by atoms with Gasteiger partial charge in [0.15, 0.2) is 0 Å². The molecule has 0 fully saturated rings. The molecule has 0 saturated heterocycles. The van der Waals surface area contributed by atoms with Gasteiger partial charge in [-0.1, -0.05) is 49.6 Å². The molecule has 0 unspecified atom stereocenters. The number of rotatable bonds is 11. The van der Waals surface area contributed by atoms with Gasteiger partial charge in [-0.2, -0.15) is 13.2 Å². The summed E-state index contributed by atoms with van der Waals surface area (Å²) in [5.74, 6) is 0.256. The van der Waals surface area contributed by atoms with Gasteiger partial charge >= 0.3 is 12.1 Å². The van der Waals surface area contributed by atoms with Crippen LogP contribution in [0.4, 0.5) is 13.2 Å². The summed E-state index contributed by atoms with van der Waals surface area (Å²) in [5.41, 5.74) is 1.50. The summed E-state index contributed by atoms with van der Waals surface area (Å²) in [7, 11) is 0. The highest BCUT2D eigenvalue weighted by atomic mass is 19.4. The minimum atomic E-state index is -4.07. The molecule has 0 saturated carbocycles. The summed E-state index contributed by atoms with van der Waals surface area (Å²) < 4.78 is 46.9. The number of unbranched alkanes of at least 4 members (excludes halogenated alkanes) is 4. The fourth-order valence-electron chi connectivity index (χ4n) is 2.63. The lowest BCUT2D eigenvalue weighted by atomic mass is 10.1. The second-order valence-corrected chi connectivity index (χ2v) is 6.57. The van der Waals surface area contributed by atoms with Gasteiger partial charge < -0.3 is 9.47 Å². The molecule has 0 N–H and O–H groups in total. The zero-order chi connectivity index (χ0) is 20.2. The van der Waals surface area contributed by atoms with Gasteiger partial charge in [-0.15, -0.1) is 0 Å². The normalized spacial score (nSPS) is 11.2. The van der Waals surface area contributed by atoms with Gasteiger partial charge in [-0.3, -0.25) is 0 Å². The number of halogens is 3. The molecular weight excluding hydrogens is 369 g/mol. The zero-order valence-electron chi connectivity index (χ0n) is 15.7. The number of hydrogen-bond acceptors (Lipinski definition) is 3. The van der Waals surface area contributed by atoms with Gasteiger partial charge in [0.1, 0.15) is 12.4 Å². The van der Waals surface area contributed by atoms with E-state index in [0.717, 1.165) is 12.0 Å². The van der Waals surface area contributed by atoms with E-state index in [1.54, 1.807) is 24.3 Å². The zero-order valence-corrected chi connectivity index (χ0v) is 15.7. The quantitative estimate of drug-likeness (QED) is 0.330. The van der Waals surface area contributed by atoms with Crippen LogP contribution < -0.4 is 4.74 Å². The Labute approximate surface area is 163 Å². The number of hydrogen-bond donors (Lipinski definition) is 0. The highest BCUT2D eigenvalue weighted by Gasteiger charge is 2.25. The lowest BCUT2D eigenvalue weighted by Gasteiger charge is -2.08. The topological polar surface area (TPSA) is 35.5 Å². The summed E-state index contributed by atoms with van der Waals surface area (Å²) in [4.78, 5) is 12.0. The standard InChI is InChI=1S/C22H25F3O3/c23-22(24,25)15-7-2-1-3-8-16-27-21(26)19-11-13-20(14-12-19)28-17-18-9-5-4-6-10-18/h4-6,9-14H,1-3,7-8,15-17H2. The van der Waals surface area contributed by atoms with Crippen molar-refractivity contribution in [3.63, 3.8) is 0 Å². The van der Waals surface area contributed by atoms with E-state index < -0.39 is 18.6 Å². The molecule has 3 nitrogen and oxygen atoms in total. The molecule has 0 radical (unpaired) electrons. The van der Waals surface area contributed by atoms with Crippen LogP contribution in [0.25, 0.3) is 0 Å². The van der Waals surface area contributed by atoms with E-state index >= 15 is 0 Å². The molecule has 0 amide bonds. The second-order valence-electron chi connectivity index (χ2n) is 6.57. The Balaban J connectivity index is 1.59. The monoisotopic (exact) mass is 394 g/mol. The van der Waals surface area contributed by atoms with Crippen molar-refractivity contribution in [2.45, 2.75) is 51.3 Å². The Morgan fingerprint density at radius 1 is 0.821 bits per heavy atom. The maximum Gasteiger partial charge on any atom is 0.389 e. The van der Waals surface area contributed by atoms with E-state index in [2.05, 4.69) is 0 Å². The molecule has 0 heterocycles. The maximum absolute atomic E-state index is 12.0. The van der Waals surface area contributed by atoms with Crippen LogP contribution in [0.15, 0.2) is 54.6 Å². The van der Waals surface area contributed by atoms with E-state index in [1.807, 2.05) is 30.3 Å². The molecule has 0 aromatic heterocycles. The van der Waals surface area contributed by atoms with Crippen molar-refractivity contribution in [2.75, 3.05) is 6.61 Å². The maximum atomic E-state index is 12.0. The average Bonchev–Trinajstić information content (AvgIpc) is 2.68. The van der Waals surface area contributed by atoms with Crippen LogP contribution in [-0.2, 0) is 11.3 Å². The van der Waals surface area contributed by atoms with Crippen molar-refractivity contribution in [3.8, 4) is 5.75 Å². The predicted molar refractivity (Wildman–Crippen MR) is 101 cm³/mol. The first-order valence-electron chi connectivity index (χ1n) is 9.45. The Morgan fingerprint density at radius 2 is 1.46 bits per heavy atom. The highest BCUT2D eigenvalue weighted by Crippen LogP contribution is 2.23. The van der Waals surface area contributed by atoms with Crippen LogP contribution in [0.3, 0.4) is 0 Å². The second kappa shape index (κ2) is 11.4. The summed E-state index contributed by atoms with van der Waals surface area (Å²) in [5, 5.41) is 0. The molecule has 2 rings (SSSR count). The summed E-state index contributed by atoms with van der Waals surface area (Å²) >= 11 is 0. The van der Waals surface area contributed by atoms with Gasteiger partial charge in [0.05, 0.1) is 12.2 Å². The lowest BCUT2D eigenvalue weighted by molar-refractivity contribution is -0.135. The third-order valence-electron chi connectivity index (χ3n) is 4.18. The third kappa shape index (κ3) is 8.93. The number of ether oxygens (including phenoxy) is 2. The molecule has 28 heavy (non-hydrogen) atoms. The van der Waals surface area contributed by atoms with Crippen LogP contribution in [0.1, 0.15) is 54.4 Å². The van der Waals surface area contributed by atoms with Crippen molar-refractivity contribution in [1.82, 2.24) is 0 Å². The molecule has 2 aromatic rings. The van der Waals surface area contributed by atoms with Crippen molar-refractivity contribution in [1.29, 1.82) is 0 Å². The fourth-order valence-corrected chi connectivity index (χ4v) is 2.63. The third-order valence-corrected chi connectivity index (χ3v) is 4.18. The predicted octanol–water partition coefficient (Wildman–Crippen LogP) is 6.33. The first kappa shape index (κ1) is 21.8. The van der Waals surface area contributed by atoms with Crippen LogP contribution in [0, 0.1) is 0 Å². The van der Waals surface area contributed by atoms with Gasteiger partial charge in [0, 0.05) is 6.42 Å². The largest absolute Gasteiger partial charge is 0.489 e. The minimum Gasteiger partial charge on any atom is -0.489 e. The first-order valence-corrected chi connectivity index (χ1v) is 9.45. The van der Waals surface area contributed by atoms with Crippen LogP contribution in [-0.4, -0.2) is 18.8 Å². The molecule has 0 aliphatic carbocycles. The molecule has 0 bridgehead atoms. The fraction of sp³-hybridized carbons (Fsp3) is 0.409. The number of esters is 1. The van der Waals surface area contributed by atoms with Crippen molar-refractivity contribution >= 4 is 5.97 Å². The van der Waals surface area contributed by atoms with Crippen LogP contribution in [0.2, 0.25) is 0 Å². The van der Waals surface area contributed by atoms with Gasteiger partial charge in [-0.05, 0) is 42.7 Å². The number of carbonyl (C=O) groups is 1. The summed E-state index contributed by atoms with van der Waals surface area (Å²) in [6.45, 7) is 0.720. The van der Waals surface area contributed by atoms with Gasteiger partial charge in [-0.25, -0.2) is 4.79 Å². The first-order chi connectivity index (χ1) is 13.4.